The first-order valence-corrected chi connectivity index (χ1v) is 6.13. The van der Waals surface area contributed by atoms with Gasteiger partial charge in [0, 0.05) is 26.2 Å². The fourth-order valence-corrected chi connectivity index (χ4v) is 1.85. The summed E-state index contributed by atoms with van der Waals surface area (Å²) in [6, 6.07) is 2.13. The number of hydrogen-bond acceptors (Lipinski definition) is 3. The van der Waals surface area contributed by atoms with Crippen molar-refractivity contribution in [2.45, 2.75) is 20.3 Å². The molecule has 0 saturated carbocycles. The van der Waals surface area contributed by atoms with Crippen molar-refractivity contribution in [1.82, 2.24) is 9.80 Å². The average molecular weight is 239 g/mol. The summed E-state index contributed by atoms with van der Waals surface area (Å²) in [6.07, 6.45) is 0.392. The van der Waals surface area contributed by atoms with Gasteiger partial charge in [0.25, 0.3) is 0 Å². The molecule has 0 aliphatic carbocycles. The summed E-state index contributed by atoms with van der Waals surface area (Å²) < 4.78 is 5.23. The predicted octanol–water partition coefficient (Wildman–Crippen LogP) is 1.31. The Bertz CT molecular complexity index is 280. The number of hydrogen-bond donors (Lipinski definition) is 0. The molecular weight excluding hydrogens is 218 g/mol. The van der Waals surface area contributed by atoms with Crippen LogP contribution in [0.3, 0.4) is 0 Å². The molecule has 0 N–H and O–H groups in total. The number of nitriles is 1. The van der Waals surface area contributed by atoms with Crippen molar-refractivity contribution in [1.29, 1.82) is 5.26 Å². The van der Waals surface area contributed by atoms with Crippen LogP contribution in [0.5, 0.6) is 0 Å². The third kappa shape index (κ3) is 4.61. The highest BCUT2D eigenvalue weighted by Crippen LogP contribution is 2.07. The summed E-state index contributed by atoms with van der Waals surface area (Å²) in [6.45, 7) is 7.90. The summed E-state index contributed by atoms with van der Waals surface area (Å²) in [5.41, 5.74) is 0. The molecule has 0 radical (unpaired) electrons. The highest BCUT2D eigenvalue weighted by molar-refractivity contribution is 5.74. The van der Waals surface area contributed by atoms with Gasteiger partial charge < -0.3 is 14.5 Å². The summed E-state index contributed by atoms with van der Waals surface area (Å²) in [7, 11) is 0. The number of carbonyl (C=O) groups is 1. The minimum atomic E-state index is 0.0391. The van der Waals surface area contributed by atoms with Crippen LogP contribution in [0.25, 0.3) is 0 Å². The molecule has 0 aromatic carbocycles. The number of urea groups is 1. The first-order chi connectivity index (χ1) is 8.15. The Hall–Kier alpha value is -1.28. The van der Waals surface area contributed by atoms with Crippen molar-refractivity contribution >= 4 is 6.03 Å². The van der Waals surface area contributed by atoms with Gasteiger partial charge in [-0.1, -0.05) is 13.8 Å². The van der Waals surface area contributed by atoms with Crippen LogP contribution in [0.4, 0.5) is 4.79 Å². The van der Waals surface area contributed by atoms with Gasteiger partial charge in [0.2, 0.25) is 0 Å². The van der Waals surface area contributed by atoms with Gasteiger partial charge >= 0.3 is 6.03 Å². The first kappa shape index (κ1) is 13.8. The van der Waals surface area contributed by atoms with Gasteiger partial charge in [-0.3, -0.25) is 0 Å². The molecule has 2 amide bonds. The first-order valence-electron chi connectivity index (χ1n) is 6.13. The average Bonchev–Trinajstić information content (AvgIpc) is 2.34. The van der Waals surface area contributed by atoms with Crippen molar-refractivity contribution in [3.63, 3.8) is 0 Å². The second-order valence-corrected chi connectivity index (χ2v) is 4.63. The van der Waals surface area contributed by atoms with Crippen LogP contribution in [0, 0.1) is 17.2 Å². The molecule has 96 valence electrons. The van der Waals surface area contributed by atoms with E-state index in [0.717, 1.165) is 0 Å². The van der Waals surface area contributed by atoms with E-state index in [-0.39, 0.29) is 6.03 Å². The topological polar surface area (TPSA) is 56.6 Å². The Labute approximate surface area is 103 Å². The zero-order chi connectivity index (χ0) is 12.7. The fraction of sp³-hybridized carbons (Fsp3) is 0.833. The molecule has 1 aliphatic rings. The van der Waals surface area contributed by atoms with Crippen molar-refractivity contribution in [3.05, 3.63) is 0 Å². The van der Waals surface area contributed by atoms with Crippen LogP contribution in [-0.2, 0) is 4.74 Å². The van der Waals surface area contributed by atoms with Crippen molar-refractivity contribution in [2.24, 2.45) is 5.92 Å². The smallest absolute Gasteiger partial charge is 0.320 e. The van der Waals surface area contributed by atoms with Crippen LogP contribution in [-0.4, -0.2) is 55.2 Å². The molecule has 5 heteroatoms. The van der Waals surface area contributed by atoms with E-state index in [2.05, 4.69) is 19.9 Å². The van der Waals surface area contributed by atoms with Crippen molar-refractivity contribution in [2.75, 3.05) is 39.4 Å². The zero-order valence-electron chi connectivity index (χ0n) is 10.7. The van der Waals surface area contributed by atoms with Gasteiger partial charge in [0.15, 0.2) is 0 Å². The molecule has 1 rings (SSSR count). The van der Waals surface area contributed by atoms with Crippen LogP contribution in [0.15, 0.2) is 0 Å². The monoisotopic (exact) mass is 239 g/mol. The molecule has 0 bridgehead atoms. The van der Waals surface area contributed by atoms with Gasteiger partial charge in [-0.2, -0.15) is 5.26 Å². The van der Waals surface area contributed by atoms with E-state index in [1.165, 1.54) is 0 Å². The van der Waals surface area contributed by atoms with Crippen LogP contribution < -0.4 is 0 Å². The molecular formula is C12H21N3O2. The maximum Gasteiger partial charge on any atom is 0.320 e. The van der Waals surface area contributed by atoms with Gasteiger partial charge in [0.05, 0.1) is 25.7 Å². The van der Waals surface area contributed by atoms with Crippen LogP contribution >= 0.6 is 0 Å². The van der Waals surface area contributed by atoms with Crippen LogP contribution in [0.2, 0.25) is 0 Å². The Morgan fingerprint density at radius 3 is 2.65 bits per heavy atom. The summed E-state index contributed by atoms with van der Waals surface area (Å²) >= 11 is 0. The number of ether oxygens (including phenoxy) is 1. The lowest BCUT2D eigenvalue weighted by molar-refractivity contribution is 0.0425. The normalized spacial score (nSPS) is 15.8. The molecule has 0 unspecified atom stereocenters. The SMILES string of the molecule is CC(C)CN(CCC#N)C(=O)N1CCOCC1. The van der Waals surface area contributed by atoms with E-state index in [1.54, 1.807) is 4.90 Å². The molecule has 1 aliphatic heterocycles. The number of carbonyl (C=O) groups excluding carboxylic acids is 1. The van der Waals surface area contributed by atoms with Gasteiger partial charge in [0.1, 0.15) is 0 Å². The maximum absolute atomic E-state index is 12.2. The van der Waals surface area contributed by atoms with E-state index in [4.69, 9.17) is 10.00 Å². The van der Waals surface area contributed by atoms with Crippen LogP contribution in [0.1, 0.15) is 20.3 Å². The predicted molar refractivity (Wildman–Crippen MR) is 64.4 cm³/mol. The summed E-state index contributed by atoms with van der Waals surface area (Å²) in [5, 5.41) is 8.62. The lowest BCUT2D eigenvalue weighted by Gasteiger charge is -2.33. The molecule has 17 heavy (non-hydrogen) atoms. The van der Waals surface area contributed by atoms with Gasteiger partial charge in [-0.05, 0) is 5.92 Å². The summed E-state index contributed by atoms with van der Waals surface area (Å²) in [5.74, 6) is 0.415. The lowest BCUT2D eigenvalue weighted by Crippen LogP contribution is -2.49. The highest BCUT2D eigenvalue weighted by Gasteiger charge is 2.22. The third-order valence-electron chi connectivity index (χ3n) is 2.63. The minimum Gasteiger partial charge on any atom is -0.378 e. The van der Waals surface area contributed by atoms with Gasteiger partial charge in [-0.15, -0.1) is 0 Å². The van der Waals surface area contributed by atoms with E-state index in [1.807, 2.05) is 4.90 Å². The van der Waals surface area contributed by atoms with Crippen molar-refractivity contribution < 1.29 is 9.53 Å². The molecule has 1 fully saturated rings. The molecule has 5 nitrogen and oxygen atoms in total. The van der Waals surface area contributed by atoms with E-state index in [9.17, 15) is 4.79 Å². The number of rotatable bonds is 4. The Balaban J connectivity index is 2.54. The Kier molecular flexibility index (Phi) is 5.78. The van der Waals surface area contributed by atoms with E-state index < -0.39 is 0 Å². The number of nitrogens with zero attached hydrogens (tertiary/aromatic N) is 3. The standard InChI is InChI=1S/C12H21N3O2/c1-11(2)10-15(5-3-4-13)12(16)14-6-8-17-9-7-14/h11H,3,5-10H2,1-2H3. The molecule has 0 aromatic heterocycles. The molecule has 0 aromatic rings. The minimum absolute atomic E-state index is 0.0391. The Morgan fingerprint density at radius 2 is 2.12 bits per heavy atom. The second-order valence-electron chi connectivity index (χ2n) is 4.63. The molecule has 1 saturated heterocycles. The number of morpholine rings is 1. The number of amides is 2. The molecule has 0 spiro atoms. The largest absolute Gasteiger partial charge is 0.378 e. The fourth-order valence-electron chi connectivity index (χ4n) is 1.85. The zero-order valence-corrected chi connectivity index (χ0v) is 10.7. The second kappa shape index (κ2) is 7.13. The lowest BCUT2D eigenvalue weighted by atomic mass is 10.2. The molecule has 0 atom stereocenters. The summed E-state index contributed by atoms with van der Waals surface area (Å²) in [4.78, 5) is 15.8. The Morgan fingerprint density at radius 1 is 1.47 bits per heavy atom. The van der Waals surface area contributed by atoms with Gasteiger partial charge in [-0.25, -0.2) is 4.79 Å². The highest BCUT2D eigenvalue weighted by atomic mass is 16.5. The van der Waals surface area contributed by atoms with E-state index in [0.29, 0.717) is 51.7 Å². The third-order valence-corrected chi connectivity index (χ3v) is 2.63. The maximum atomic E-state index is 12.2. The van der Waals surface area contributed by atoms with E-state index >= 15 is 0 Å². The van der Waals surface area contributed by atoms with Crippen molar-refractivity contribution in [3.8, 4) is 6.07 Å². The molecule has 1 heterocycles. The quantitative estimate of drug-likeness (QED) is 0.743.